The Balaban J connectivity index is 2.53. The summed E-state index contributed by atoms with van der Waals surface area (Å²) in [6, 6.07) is -1.55. The smallest absolute Gasteiger partial charge is 0.137 e. The molecule has 5 heteroatoms. The predicted molar refractivity (Wildman–Crippen MR) is 79.7 cm³/mol. The van der Waals surface area contributed by atoms with Gasteiger partial charge in [-0.1, -0.05) is 44.5 Å². The molecule has 0 saturated carbocycles. The number of aliphatic hydroxyl groups is 1. The van der Waals surface area contributed by atoms with Gasteiger partial charge < -0.3 is 5.11 Å². The first kappa shape index (κ1) is 10.4. The quantitative estimate of drug-likeness (QED) is 0.943. The van der Waals surface area contributed by atoms with E-state index in [0.29, 0.717) is 0 Å². The minimum atomic E-state index is -0.836. The van der Waals surface area contributed by atoms with E-state index in [-0.39, 0.29) is 41.2 Å². The van der Waals surface area contributed by atoms with Crippen molar-refractivity contribution >= 4 is 11.6 Å². The molecule has 0 amide bonds. The molecule has 2 aromatic rings. The van der Waals surface area contributed by atoms with Crippen LogP contribution in [0.2, 0.25) is 5.02 Å². The molecule has 1 heterocycles. The molecule has 2 atom stereocenters. The molecule has 0 spiro atoms. The normalized spacial score (nSPS) is 17.9. The lowest BCUT2D eigenvalue weighted by Crippen LogP contribution is -2.37. The van der Waals surface area contributed by atoms with Crippen molar-refractivity contribution in [2.45, 2.75) is 39.3 Å². The van der Waals surface area contributed by atoms with E-state index in [2.05, 4.69) is 10.1 Å². The van der Waals surface area contributed by atoms with E-state index in [1.165, 1.54) is 17.3 Å². The number of hydrogen-bond donors (Lipinski definition) is 1. The van der Waals surface area contributed by atoms with E-state index in [4.69, 9.17) is 17.1 Å². The SMILES string of the molecule is [2H]c1c([2H])c(C[C@H]([C@H](O)C(C)(C)C)n2cncn2)c([2H])c([2H])c1Cl. The maximum atomic E-state index is 10.7. The van der Waals surface area contributed by atoms with Crippen molar-refractivity contribution in [2.75, 3.05) is 0 Å². The minimum absolute atomic E-state index is 0.0778. The Kier molecular flexibility index (Phi) is 3.07. The number of aliphatic hydroxyl groups excluding tert-OH is 1. The summed E-state index contributed by atoms with van der Waals surface area (Å²) < 4.78 is 33.4. The average Bonchev–Trinajstić information content (AvgIpc) is 3.04. The van der Waals surface area contributed by atoms with Crippen LogP contribution >= 0.6 is 11.6 Å². The van der Waals surface area contributed by atoms with Gasteiger partial charge in [0, 0.05) is 5.02 Å². The first-order valence-electron chi connectivity index (χ1n) is 8.32. The molecule has 0 bridgehead atoms. The van der Waals surface area contributed by atoms with Crippen LogP contribution in [0.25, 0.3) is 0 Å². The number of aromatic nitrogens is 3. The molecule has 1 N–H and O–H groups in total. The Hall–Kier alpha value is -1.39. The molecule has 0 aliphatic rings. The molecule has 0 unspecified atom stereocenters. The standard InChI is InChI=1S/C15H20ClN3O/c1-15(2,3)14(20)13(19-10-17-9-18-19)8-11-4-6-12(16)7-5-11/h4-7,9-10,13-14,20H,8H2,1-3H3/t13-,14+/m1/s1/i4D,5D,6D,7D. The topological polar surface area (TPSA) is 50.9 Å². The lowest BCUT2D eigenvalue weighted by molar-refractivity contribution is 0.0124. The highest BCUT2D eigenvalue weighted by Crippen LogP contribution is 2.30. The summed E-state index contributed by atoms with van der Waals surface area (Å²) in [5.41, 5.74) is -0.278. The van der Waals surface area contributed by atoms with Crippen LogP contribution in [0.5, 0.6) is 0 Å². The molecule has 1 aromatic heterocycles. The fraction of sp³-hybridized carbons (Fsp3) is 0.467. The van der Waals surface area contributed by atoms with E-state index in [9.17, 15) is 5.11 Å². The maximum Gasteiger partial charge on any atom is 0.137 e. The summed E-state index contributed by atoms with van der Waals surface area (Å²) in [5, 5.41) is 14.6. The van der Waals surface area contributed by atoms with Gasteiger partial charge in [0.15, 0.2) is 0 Å². The highest BCUT2D eigenvalue weighted by atomic mass is 35.5. The van der Waals surface area contributed by atoms with E-state index in [1.54, 1.807) is 0 Å². The van der Waals surface area contributed by atoms with Gasteiger partial charge in [0.2, 0.25) is 0 Å². The predicted octanol–water partition coefficient (Wildman–Crippen LogP) is 3.12. The largest absolute Gasteiger partial charge is 0.390 e. The van der Waals surface area contributed by atoms with Gasteiger partial charge in [0.25, 0.3) is 0 Å². The Morgan fingerprint density at radius 2 is 2.00 bits per heavy atom. The molecular formula is C15H20ClN3O. The van der Waals surface area contributed by atoms with Crippen molar-refractivity contribution in [2.24, 2.45) is 5.41 Å². The number of rotatable bonds is 4. The zero-order valence-corrected chi connectivity index (χ0v) is 12.4. The van der Waals surface area contributed by atoms with E-state index >= 15 is 0 Å². The number of nitrogens with zero attached hydrogens (tertiary/aromatic N) is 3. The van der Waals surface area contributed by atoms with Crippen LogP contribution in [0.3, 0.4) is 0 Å². The Morgan fingerprint density at radius 3 is 2.50 bits per heavy atom. The van der Waals surface area contributed by atoms with Crippen LogP contribution in [0.15, 0.2) is 36.8 Å². The van der Waals surface area contributed by atoms with Gasteiger partial charge in [-0.3, -0.25) is 0 Å². The van der Waals surface area contributed by atoms with Gasteiger partial charge in [-0.15, -0.1) is 0 Å². The van der Waals surface area contributed by atoms with Crippen LogP contribution in [0, 0.1) is 5.41 Å². The molecule has 2 rings (SSSR count). The first-order valence-corrected chi connectivity index (χ1v) is 6.70. The van der Waals surface area contributed by atoms with Gasteiger partial charge in [0.05, 0.1) is 17.6 Å². The fourth-order valence-corrected chi connectivity index (χ4v) is 2.04. The molecule has 0 aliphatic heterocycles. The van der Waals surface area contributed by atoms with Gasteiger partial charge in [-0.05, 0) is 29.5 Å². The Labute approximate surface area is 130 Å². The Bertz CT molecular complexity index is 702. The summed E-state index contributed by atoms with van der Waals surface area (Å²) in [6.45, 7) is 5.62. The van der Waals surface area contributed by atoms with Crippen LogP contribution in [-0.2, 0) is 6.42 Å². The summed E-state index contributed by atoms with van der Waals surface area (Å²) in [5.74, 6) is 0. The van der Waals surface area contributed by atoms with Crippen molar-refractivity contribution in [3.63, 3.8) is 0 Å². The molecule has 4 nitrogen and oxygen atoms in total. The molecule has 0 aliphatic carbocycles. The number of benzene rings is 1. The third kappa shape index (κ3) is 3.58. The molecule has 108 valence electrons. The summed E-state index contributed by atoms with van der Waals surface area (Å²) in [7, 11) is 0. The lowest BCUT2D eigenvalue weighted by Gasteiger charge is -2.33. The highest BCUT2D eigenvalue weighted by molar-refractivity contribution is 6.30. The van der Waals surface area contributed by atoms with Crippen molar-refractivity contribution < 1.29 is 10.6 Å². The van der Waals surface area contributed by atoms with Crippen LogP contribution in [-0.4, -0.2) is 26.0 Å². The average molecular weight is 298 g/mol. The first-order chi connectivity index (χ1) is 11.1. The van der Waals surface area contributed by atoms with Crippen LogP contribution in [0.1, 0.15) is 37.9 Å². The molecule has 1 aromatic carbocycles. The van der Waals surface area contributed by atoms with Crippen molar-refractivity contribution in [1.29, 1.82) is 0 Å². The second-order valence-corrected chi connectivity index (χ2v) is 6.13. The monoisotopic (exact) mass is 297 g/mol. The van der Waals surface area contributed by atoms with Crippen molar-refractivity contribution in [3.8, 4) is 0 Å². The second kappa shape index (κ2) is 5.94. The third-order valence-corrected chi connectivity index (χ3v) is 3.28. The highest BCUT2D eigenvalue weighted by Gasteiger charge is 2.32. The van der Waals surface area contributed by atoms with E-state index < -0.39 is 17.6 Å². The van der Waals surface area contributed by atoms with Crippen LogP contribution < -0.4 is 0 Å². The zero-order valence-electron chi connectivity index (χ0n) is 15.7. The van der Waals surface area contributed by atoms with Gasteiger partial charge in [-0.25, -0.2) is 9.67 Å². The summed E-state index contributed by atoms with van der Waals surface area (Å²) in [4.78, 5) is 3.90. The number of halogens is 1. The van der Waals surface area contributed by atoms with Gasteiger partial charge >= 0.3 is 0 Å². The fourth-order valence-electron chi connectivity index (χ4n) is 1.95. The Morgan fingerprint density at radius 1 is 1.35 bits per heavy atom. The van der Waals surface area contributed by atoms with Gasteiger partial charge in [0.1, 0.15) is 12.7 Å². The molecule has 0 fully saturated rings. The maximum absolute atomic E-state index is 10.7. The third-order valence-electron chi connectivity index (χ3n) is 3.09. The molecule has 0 radical (unpaired) electrons. The molecular weight excluding hydrogens is 274 g/mol. The van der Waals surface area contributed by atoms with E-state index in [0.717, 1.165) is 0 Å². The summed E-state index contributed by atoms with van der Waals surface area (Å²) in [6.07, 6.45) is 2.05. The lowest BCUT2D eigenvalue weighted by atomic mass is 9.82. The molecule has 0 saturated heterocycles. The zero-order chi connectivity index (χ0) is 18.2. The number of hydrogen-bond acceptors (Lipinski definition) is 3. The van der Waals surface area contributed by atoms with Gasteiger partial charge in [-0.2, -0.15) is 5.10 Å². The molecule has 20 heavy (non-hydrogen) atoms. The van der Waals surface area contributed by atoms with Crippen molar-refractivity contribution in [3.05, 3.63) is 47.4 Å². The second-order valence-electron chi connectivity index (χ2n) is 5.75. The van der Waals surface area contributed by atoms with Crippen LogP contribution in [0.4, 0.5) is 0 Å². The minimum Gasteiger partial charge on any atom is -0.390 e. The summed E-state index contributed by atoms with van der Waals surface area (Å²) >= 11 is 5.84. The van der Waals surface area contributed by atoms with E-state index in [1.807, 2.05) is 20.8 Å². The van der Waals surface area contributed by atoms with Crippen molar-refractivity contribution in [1.82, 2.24) is 14.8 Å².